The fraction of sp³-hybridized carbons (Fsp3) is 0.231. The van der Waals surface area contributed by atoms with Crippen LogP contribution in [-0.2, 0) is 11.2 Å². The molecule has 6 nitrogen and oxygen atoms in total. The van der Waals surface area contributed by atoms with Gasteiger partial charge in [0.05, 0.1) is 18.4 Å². The highest BCUT2D eigenvalue weighted by Crippen LogP contribution is 2.22. The van der Waals surface area contributed by atoms with Crippen LogP contribution in [0.4, 0.5) is 5.69 Å². The number of amides is 2. The summed E-state index contributed by atoms with van der Waals surface area (Å²) in [6.45, 7) is 2.37. The van der Waals surface area contributed by atoms with E-state index in [2.05, 4.69) is 10.6 Å². The summed E-state index contributed by atoms with van der Waals surface area (Å²) in [4.78, 5) is 25.6. The molecule has 0 saturated carbocycles. The van der Waals surface area contributed by atoms with Crippen LogP contribution in [0.25, 0.3) is 0 Å². The summed E-state index contributed by atoms with van der Waals surface area (Å²) in [5.74, 6) is 0.631. The van der Waals surface area contributed by atoms with Gasteiger partial charge in [-0.25, -0.2) is 0 Å². The van der Waals surface area contributed by atoms with Crippen molar-refractivity contribution < 1.29 is 19.1 Å². The van der Waals surface area contributed by atoms with E-state index in [-0.39, 0.29) is 11.8 Å². The third-order valence-corrected chi connectivity index (χ3v) is 4.95. The number of carbonyl (C=O) groups is 2. The zero-order valence-corrected chi connectivity index (χ0v) is 18.3. The van der Waals surface area contributed by atoms with E-state index in [0.717, 1.165) is 12.0 Å². The fourth-order valence-electron chi connectivity index (χ4n) is 3.22. The smallest absolute Gasteiger partial charge is 0.265 e. The Labute approximate surface area is 188 Å². The molecule has 0 unspecified atom stereocenters. The number of para-hydroxylation sites is 1. The zero-order valence-electron chi connectivity index (χ0n) is 18.3. The Hall–Kier alpha value is -3.80. The first-order valence-electron chi connectivity index (χ1n) is 10.6. The summed E-state index contributed by atoms with van der Waals surface area (Å²) in [6.07, 6.45) is 0.485. The molecule has 0 spiro atoms. The molecular formula is C26H28N2O4. The lowest BCUT2D eigenvalue weighted by Gasteiger charge is -2.19. The maximum atomic E-state index is 12.9. The first kappa shape index (κ1) is 22.9. The number of hydrogen-bond acceptors (Lipinski definition) is 4. The first-order chi connectivity index (χ1) is 15.6. The van der Waals surface area contributed by atoms with Gasteiger partial charge in [-0.15, -0.1) is 0 Å². The minimum absolute atomic E-state index is 0.237. The number of benzene rings is 3. The van der Waals surface area contributed by atoms with Crippen molar-refractivity contribution in [3.8, 4) is 11.5 Å². The molecule has 0 aliphatic heterocycles. The minimum atomic E-state index is -0.712. The van der Waals surface area contributed by atoms with Crippen molar-refractivity contribution in [1.29, 1.82) is 0 Å². The van der Waals surface area contributed by atoms with Gasteiger partial charge < -0.3 is 20.1 Å². The van der Waals surface area contributed by atoms with E-state index in [9.17, 15) is 9.59 Å². The van der Waals surface area contributed by atoms with E-state index >= 15 is 0 Å². The molecule has 2 amide bonds. The molecular weight excluding hydrogens is 404 g/mol. The van der Waals surface area contributed by atoms with Crippen LogP contribution < -0.4 is 20.1 Å². The Morgan fingerprint density at radius 3 is 2.38 bits per heavy atom. The summed E-state index contributed by atoms with van der Waals surface area (Å²) in [6, 6.07) is 24.0. The number of hydrogen-bond donors (Lipinski definition) is 2. The molecule has 2 N–H and O–H groups in total. The summed E-state index contributed by atoms with van der Waals surface area (Å²) < 4.78 is 11.1. The average molecular weight is 433 g/mol. The Kier molecular flexibility index (Phi) is 8.26. The van der Waals surface area contributed by atoms with Crippen molar-refractivity contribution in [2.45, 2.75) is 25.9 Å². The van der Waals surface area contributed by atoms with Crippen LogP contribution in [0.3, 0.4) is 0 Å². The van der Waals surface area contributed by atoms with Crippen LogP contribution in [0.5, 0.6) is 11.5 Å². The van der Waals surface area contributed by atoms with Crippen LogP contribution in [0.2, 0.25) is 0 Å². The predicted octanol–water partition coefficient (Wildman–Crippen LogP) is 4.46. The van der Waals surface area contributed by atoms with Crippen LogP contribution in [0, 0.1) is 0 Å². The molecule has 0 radical (unpaired) electrons. The van der Waals surface area contributed by atoms with Gasteiger partial charge in [-0.1, -0.05) is 55.5 Å². The van der Waals surface area contributed by atoms with E-state index in [1.807, 2.05) is 37.3 Å². The van der Waals surface area contributed by atoms with Crippen molar-refractivity contribution in [2.24, 2.45) is 0 Å². The van der Waals surface area contributed by atoms with Crippen molar-refractivity contribution >= 4 is 17.5 Å². The number of carbonyl (C=O) groups excluding carboxylic acids is 2. The minimum Gasteiger partial charge on any atom is -0.497 e. The van der Waals surface area contributed by atoms with Gasteiger partial charge >= 0.3 is 0 Å². The van der Waals surface area contributed by atoms with Gasteiger partial charge in [0, 0.05) is 12.6 Å². The van der Waals surface area contributed by atoms with Crippen molar-refractivity contribution in [3.05, 3.63) is 90.0 Å². The molecule has 0 bridgehead atoms. The Balaban J connectivity index is 1.63. The first-order valence-corrected chi connectivity index (χ1v) is 10.6. The lowest BCUT2D eigenvalue weighted by molar-refractivity contribution is -0.122. The monoisotopic (exact) mass is 432 g/mol. The summed E-state index contributed by atoms with van der Waals surface area (Å²) >= 11 is 0. The summed E-state index contributed by atoms with van der Waals surface area (Å²) in [5, 5.41) is 5.76. The summed E-state index contributed by atoms with van der Waals surface area (Å²) in [5.41, 5.74) is 2.00. The lowest BCUT2D eigenvalue weighted by Crippen LogP contribution is -2.33. The Morgan fingerprint density at radius 1 is 0.906 bits per heavy atom. The maximum absolute atomic E-state index is 12.9. The highest BCUT2D eigenvalue weighted by Gasteiger charge is 2.21. The molecule has 1 atom stereocenters. The highest BCUT2D eigenvalue weighted by molar-refractivity contribution is 6.04. The van der Waals surface area contributed by atoms with E-state index in [0.29, 0.717) is 35.7 Å². The van der Waals surface area contributed by atoms with E-state index < -0.39 is 6.10 Å². The van der Waals surface area contributed by atoms with Crippen LogP contribution in [-0.4, -0.2) is 31.6 Å². The SMILES string of the molecule is CC[C@H](Oc1cccc(OC)c1)C(=O)Nc1ccccc1C(=O)NCCc1ccccc1. The second kappa shape index (κ2) is 11.6. The second-order valence-corrected chi connectivity index (χ2v) is 7.22. The van der Waals surface area contributed by atoms with Crippen molar-refractivity contribution in [2.75, 3.05) is 19.0 Å². The van der Waals surface area contributed by atoms with Gasteiger partial charge in [0.1, 0.15) is 11.5 Å². The third kappa shape index (κ3) is 6.35. The van der Waals surface area contributed by atoms with E-state index in [1.165, 1.54) is 0 Å². The van der Waals surface area contributed by atoms with Gasteiger partial charge in [0.15, 0.2) is 6.10 Å². The number of rotatable bonds is 10. The van der Waals surface area contributed by atoms with E-state index in [1.54, 1.807) is 55.6 Å². The largest absolute Gasteiger partial charge is 0.497 e. The molecule has 0 aromatic heterocycles. The van der Waals surface area contributed by atoms with Gasteiger partial charge in [-0.05, 0) is 42.7 Å². The van der Waals surface area contributed by atoms with Gasteiger partial charge in [-0.3, -0.25) is 9.59 Å². The standard InChI is InChI=1S/C26H28N2O4/c1-3-24(32-21-13-9-12-20(18-21)31-2)26(30)28-23-15-8-7-14-22(23)25(29)27-17-16-19-10-5-4-6-11-19/h4-15,18,24H,3,16-17H2,1-2H3,(H,27,29)(H,28,30)/t24-/m0/s1. The molecule has 0 heterocycles. The molecule has 0 aliphatic carbocycles. The number of anilines is 1. The normalized spacial score (nSPS) is 11.3. The van der Waals surface area contributed by atoms with Crippen LogP contribution in [0.15, 0.2) is 78.9 Å². The predicted molar refractivity (Wildman–Crippen MR) is 125 cm³/mol. The quantitative estimate of drug-likeness (QED) is 0.496. The topological polar surface area (TPSA) is 76.7 Å². The molecule has 0 aliphatic rings. The van der Waals surface area contributed by atoms with E-state index in [4.69, 9.17) is 9.47 Å². The molecule has 166 valence electrons. The highest BCUT2D eigenvalue weighted by atomic mass is 16.5. The molecule has 3 aromatic rings. The molecule has 3 aromatic carbocycles. The van der Waals surface area contributed by atoms with Gasteiger partial charge in [0.25, 0.3) is 11.8 Å². The molecule has 6 heteroatoms. The molecule has 0 saturated heterocycles. The third-order valence-electron chi connectivity index (χ3n) is 4.95. The second-order valence-electron chi connectivity index (χ2n) is 7.22. The van der Waals surface area contributed by atoms with Gasteiger partial charge in [-0.2, -0.15) is 0 Å². The molecule has 3 rings (SSSR count). The van der Waals surface area contributed by atoms with Crippen LogP contribution >= 0.6 is 0 Å². The van der Waals surface area contributed by atoms with Crippen LogP contribution in [0.1, 0.15) is 29.3 Å². The molecule has 32 heavy (non-hydrogen) atoms. The van der Waals surface area contributed by atoms with Crippen molar-refractivity contribution in [3.63, 3.8) is 0 Å². The number of nitrogens with one attached hydrogen (secondary N) is 2. The van der Waals surface area contributed by atoms with Gasteiger partial charge in [0.2, 0.25) is 0 Å². The Morgan fingerprint density at radius 2 is 1.62 bits per heavy atom. The maximum Gasteiger partial charge on any atom is 0.265 e. The van der Waals surface area contributed by atoms with Crippen molar-refractivity contribution in [1.82, 2.24) is 5.32 Å². The molecule has 0 fully saturated rings. The zero-order chi connectivity index (χ0) is 22.8. The number of methoxy groups -OCH3 is 1. The fourth-order valence-corrected chi connectivity index (χ4v) is 3.22. The average Bonchev–Trinajstić information content (AvgIpc) is 2.83. The Bertz CT molecular complexity index is 1040. The number of ether oxygens (including phenoxy) is 2. The lowest BCUT2D eigenvalue weighted by atomic mass is 10.1. The summed E-state index contributed by atoms with van der Waals surface area (Å²) in [7, 11) is 1.57.